The van der Waals surface area contributed by atoms with Gasteiger partial charge in [-0.2, -0.15) is 0 Å². The van der Waals surface area contributed by atoms with Crippen molar-refractivity contribution in [3.8, 4) is 0 Å². The van der Waals surface area contributed by atoms with Crippen molar-refractivity contribution >= 4 is 5.69 Å². The van der Waals surface area contributed by atoms with Gasteiger partial charge in [-0.25, -0.2) is 0 Å². The zero-order valence-corrected chi connectivity index (χ0v) is 5.52. The van der Waals surface area contributed by atoms with Crippen LogP contribution in [-0.4, -0.2) is 6.67 Å². The summed E-state index contributed by atoms with van der Waals surface area (Å²) in [6.45, 7) is 3.82. The van der Waals surface area contributed by atoms with E-state index in [1.54, 1.807) is 0 Å². The van der Waals surface area contributed by atoms with Crippen molar-refractivity contribution in [2.24, 2.45) is 0 Å². The molecule has 0 aliphatic carbocycles. The Morgan fingerprint density at radius 2 is 2.20 bits per heavy atom. The Morgan fingerprint density at radius 3 is 3.10 bits per heavy atom. The molecule has 2 N–H and O–H groups in total. The Labute approximate surface area is 60.3 Å². The monoisotopic (exact) mass is 132 g/mol. The maximum Gasteiger partial charge on any atom is 0.0969 e. The van der Waals surface area contributed by atoms with Crippen LogP contribution in [0.5, 0.6) is 0 Å². The van der Waals surface area contributed by atoms with E-state index in [9.17, 15) is 0 Å². The van der Waals surface area contributed by atoms with Crippen LogP contribution in [0, 0.1) is 6.54 Å². The van der Waals surface area contributed by atoms with E-state index in [1.807, 2.05) is 24.3 Å². The van der Waals surface area contributed by atoms with Gasteiger partial charge in [0.25, 0.3) is 0 Å². The molecule has 1 aromatic carbocycles. The highest BCUT2D eigenvalue weighted by atomic mass is 15.1. The Hall–Kier alpha value is -1.02. The van der Waals surface area contributed by atoms with Crippen molar-refractivity contribution in [3.05, 3.63) is 36.4 Å². The average molecular weight is 132 g/mol. The second kappa shape index (κ2) is 2.31. The fourth-order valence-corrected chi connectivity index (χ4v) is 1.03. The van der Waals surface area contributed by atoms with E-state index >= 15 is 0 Å². The first-order valence-electron chi connectivity index (χ1n) is 3.28. The minimum absolute atomic E-state index is 0.775. The van der Waals surface area contributed by atoms with Crippen LogP contribution >= 0.6 is 0 Å². The summed E-state index contributed by atoms with van der Waals surface area (Å²) in [5.41, 5.74) is 2.26. The van der Waals surface area contributed by atoms with Gasteiger partial charge in [-0.05, 0) is 6.07 Å². The normalized spacial score (nSPS) is 15.6. The summed E-state index contributed by atoms with van der Waals surface area (Å²) in [7, 11) is 0. The number of rotatable bonds is 0. The molecular weight excluding hydrogens is 124 g/mol. The van der Waals surface area contributed by atoms with Crippen molar-refractivity contribution in [1.29, 1.82) is 0 Å². The molecule has 0 atom stereocenters. The minimum atomic E-state index is 0.775. The summed E-state index contributed by atoms with van der Waals surface area (Å²) in [4.78, 5) is 0. The molecule has 2 heteroatoms. The van der Waals surface area contributed by atoms with Crippen molar-refractivity contribution in [3.63, 3.8) is 0 Å². The van der Waals surface area contributed by atoms with Gasteiger partial charge in [0.1, 0.15) is 0 Å². The SMILES string of the molecule is [C]1NCNc2ccccc21. The molecular formula is C8H8N2. The summed E-state index contributed by atoms with van der Waals surface area (Å²) in [6.07, 6.45) is 0. The summed E-state index contributed by atoms with van der Waals surface area (Å²) >= 11 is 0. The zero-order valence-electron chi connectivity index (χ0n) is 5.52. The Balaban J connectivity index is 2.41. The van der Waals surface area contributed by atoms with Crippen LogP contribution in [0.3, 0.4) is 0 Å². The standard InChI is InChI=1S/C8H8N2/c1-2-4-8-7(3-1)5-9-6-10-8/h1-4,9-10H,6H2. The molecule has 1 aliphatic rings. The fraction of sp³-hybridized carbons (Fsp3) is 0.125. The fourth-order valence-electron chi connectivity index (χ4n) is 1.03. The van der Waals surface area contributed by atoms with E-state index in [-0.39, 0.29) is 0 Å². The third-order valence-electron chi connectivity index (χ3n) is 1.52. The number of hydrogen-bond acceptors (Lipinski definition) is 2. The summed E-state index contributed by atoms with van der Waals surface area (Å²) in [5, 5.41) is 6.17. The van der Waals surface area contributed by atoms with Crippen LogP contribution < -0.4 is 10.6 Å². The van der Waals surface area contributed by atoms with Crippen LogP contribution in [0.4, 0.5) is 5.69 Å². The lowest BCUT2D eigenvalue weighted by molar-refractivity contribution is 0.846. The lowest BCUT2D eigenvalue weighted by atomic mass is 10.1. The second-order valence-electron chi connectivity index (χ2n) is 2.20. The van der Waals surface area contributed by atoms with Gasteiger partial charge in [0.15, 0.2) is 0 Å². The van der Waals surface area contributed by atoms with Gasteiger partial charge in [0.2, 0.25) is 0 Å². The Morgan fingerprint density at radius 1 is 1.30 bits per heavy atom. The molecule has 2 radical (unpaired) electrons. The van der Waals surface area contributed by atoms with Crippen LogP contribution in [0.25, 0.3) is 0 Å². The van der Waals surface area contributed by atoms with E-state index < -0.39 is 0 Å². The molecule has 50 valence electrons. The van der Waals surface area contributed by atoms with E-state index in [0.717, 1.165) is 17.9 Å². The summed E-state index contributed by atoms with van der Waals surface area (Å²) in [6, 6.07) is 8.08. The van der Waals surface area contributed by atoms with Gasteiger partial charge in [0, 0.05) is 11.3 Å². The second-order valence-corrected chi connectivity index (χ2v) is 2.20. The number of fused-ring (bicyclic) bond motifs is 1. The topological polar surface area (TPSA) is 24.1 Å². The first kappa shape index (κ1) is 5.74. The van der Waals surface area contributed by atoms with Crippen LogP contribution in [0.15, 0.2) is 24.3 Å². The van der Waals surface area contributed by atoms with Gasteiger partial charge >= 0.3 is 0 Å². The molecule has 0 saturated heterocycles. The lowest BCUT2D eigenvalue weighted by Gasteiger charge is -2.16. The van der Waals surface area contributed by atoms with Gasteiger partial charge in [0.05, 0.1) is 13.2 Å². The molecule has 1 aliphatic heterocycles. The average Bonchev–Trinajstić information content (AvgIpc) is 2.05. The minimum Gasteiger partial charge on any atom is -0.372 e. The van der Waals surface area contributed by atoms with Crippen LogP contribution in [0.1, 0.15) is 5.56 Å². The third-order valence-corrected chi connectivity index (χ3v) is 1.52. The van der Waals surface area contributed by atoms with Crippen LogP contribution in [-0.2, 0) is 0 Å². The maximum absolute atomic E-state index is 3.19. The highest BCUT2D eigenvalue weighted by molar-refractivity contribution is 5.55. The molecule has 0 aromatic heterocycles. The number of hydrogen-bond donors (Lipinski definition) is 2. The van der Waals surface area contributed by atoms with Crippen molar-refractivity contribution in [1.82, 2.24) is 5.32 Å². The molecule has 0 spiro atoms. The van der Waals surface area contributed by atoms with E-state index in [1.165, 1.54) is 0 Å². The first-order chi connectivity index (χ1) is 4.97. The Bertz CT molecular complexity index is 207. The highest BCUT2D eigenvalue weighted by Gasteiger charge is 2.05. The predicted molar refractivity (Wildman–Crippen MR) is 40.4 cm³/mol. The third kappa shape index (κ3) is 0.866. The zero-order chi connectivity index (χ0) is 6.81. The smallest absolute Gasteiger partial charge is 0.0969 e. The highest BCUT2D eigenvalue weighted by Crippen LogP contribution is 2.17. The molecule has 0 amide bonds. The van der Waals surface area contributed by atoms with Gasteiger partial charge in [-0.15, -0.1) is 0 Å². The van der Waals surface area contributed by atoms with Gasteiger partial charge in [-0.3, -0.25) is 5.32 Å². The molecule has 2 nitrogen and oxygen atoms in total. The van der Waals surface area contributed by atoms with E-state index in [4.69, 9.17) is 0 Å². The maximum atomic E-state index is 3.19. The number of benzene rings is 1. The Kier molecular flexibility index (Phi) is 1.32. The lowest BCUT2D eigenvalue weighted by Crippen LogP contribution is -2.25. The molecule has 0 saturated carbocycles. The molecule has 0 fully saturated rings. The predicted octanol–water partition coefficient (Wildman–Crippen LogP) is 1.05. The van der Waals surface area contributed by atoms with Crippen molar-refractivity contribution < 1.29 is 0 Å². The van der Waals surface area contributed by atoms with E-state index in [2.05, 4.69) is 17.2 Å². The van der Waals surface area contributed by atoms with Gasteiger partial charge < -0.3 is 5.32 Å². The molecule has 1 heterocycles. The largest absolute Gasteiger partial charge is 0.372 e. The van der Waals surface area contributed by atoms with Crippen LogP contribution in [0.2, 0.25) is 0 Å². The number of anilines is 1. The first-order valence-corrected chi connectivity index (χ1v) is 3.28. The molecule has 0 bridgehead atoms. The summed E-state index contributed by atoms with van der Waals surface area (Å²) in [5.74, 6) is 0. The molecule has 10 heavy (non-hydrogen) atoms. The molecule has 0 unspecified atom stereocenters. The number of para-hydroxylation sites is 1. The molecule has 2 rings (SSSR count). The van der Waals surface area contributed by atoms with Crippen molar-refractivity contribution in [2.75, 3.05) is 12.0 Å². The summed E-state index contributed by atoms with van der Waals surface area (Å²) < 4.78 is 0. The number of nitrogens with one attached hydrogen (secondary N) is 2. The van der Waals surface area contributed by atoms with Crippen molar-refractivity contribution in [2.45, 2.75) is 0 Å². The van der Waals surface area contributed by atoms with Gasteiger partial charge in [-0.1, -0.05) is 18.2 Å². The van der Waals surface area contributed by atoms with E-state index in [0.29, 0.717) is 0 Å². The molecule has 1 aromatic rings. The quantitative estimate of drug-likeness (QED) is 0.551.